The van der Waals surface area contributed by atoms with Crippen molar-refractivity contribution in [1.29, 1.82) is 0 Å². The van der Waals surface area contributed by atoms with Gasteiger partial charge in [-0.2, -0.15) is 0 Å². The number of nitrogens with zero attached hydrogens (tertiary/aromatic N) is 1. The minimum Gasteiger partial charge on any atom is -0.396 e. The normalized spacial score (nSPS) is 16.5. The maximum absolute atomic E-state index is 12.7. The Morgan fingerprint density at radius 3 is 2.36 bits per heavy atom. The Morgan fingerprint density at radius 1 is 1.08 bits per heavy atom. The maximum atomic E-state index is 12.7. The van der Waals surface area contributed by atoms with Crippen molar-refractivity contribution in [2.45, 2.75) is 26.2 Å². The van der Waals surface area contributed by atoms with Gasteiger partial charge in [0.25, 0.3) is 0 Å². The Hall–Kier alpha value is -2.33. The van der Waals surface area contributed by atoms with Crippen molar-refractivity contribution in [1.82, 2.24) is 4.90 Å². The van der Waals surface area contributed by atoms with Gasteiger partial charge in [-0.25, -0.2) is 4.79 Å². The smallest absolute Gasteiger partial charge is 0.321 e. The number of likely N-dealkylation sites (tertiary alicyclic amines) is 1. The number of carbonyl (C=O) groups is 1. The summed E-state index contributed by atoms with van der Waals surface area (Å²) in [5, 5.41) is 12.7. The number of hydrogen-bond donors (Lipinski definition) is 2. The quantitative estimate of drug-likeness (QED) is 0.870. The van der Waals surface area contributed by atoms with E-state index in [-0.39, 0.29) is 18.1 Å². The number of rotatable bonds is 4. The number of anilines is 1. The number of nitrogens with one attached hydrogen (secondary N) is 1. The molecule has 0 radical (unpaired) electrons. The molecule has 2 amide bonds. The van der Waals surface area contributed by atoms with Crippen LogP contribution in [-0.2, 0) is 0 Å². The summed E-state index contributed by atoms with van der Waals surface area (Å²) in [4.78, 5) is 14.5. The molecule has 4 heteroatoms. The summed E-state index contributed by atoms with van der Waals surface area (Å²) in [6.45, 7) is 3.69. The molecule has 2 aromatic rings. The molecular formula is C21H26N2O2. The second kappa shape index (κ2) is 7.70. The van der Waals surface area contributed by atoms with Crippen LogP contribution in [0.15, 0.2) is 54.6 Å². The van der Waals surface area contributed by atoms with Crippen molar-refractivity contribution < 1.29 is 9.90 Å². The number of carbonyl (C=O) groups excluding carboxylic acids is 1. The minimum atomic E-state index is -0.0639. The Bertz CT molecular complexity index is 701. The molecule has 132 valence electrons. The molecule has 0 aliphatic carbocycles. The summed E-state index contributed by atoms with van der Waals surface area (Å²) in [5.41, 5.74) is 2.92. The number of aliphatic hydroxyl groups is 1. The van der Waals surface area contributed by atoms with Crippen molar-refractivity contribution in [3.8, 4) is 11.1 Å². The molecule has 4 nitrogen and oxygen atoms in total. The van der Waals surface area contributed by atoms with Gasteiger partial charge in [-0.1, -0.05) is 55.5 Å². The third kappa shape index (κ3) is 3.85. The molecule has 2 aromatic carbocycles. The highest BCUT2D eigenvalue weighted by atomic mass is 16.3. The van der Waals surface area contributed by atoms with Gasteiger partial charge < -0.3 is 15.3 Å². The number of piperidine rings is 1. The van der Waals surface area contributed by atoms with E-state index >= 15 is 0 Å². The SMILES string of the molecule is CCC1(CO)CCN(C(=O)Nc2ccccc2-c2ccccc2)CC1. The lowest BCUT2D eigenvalue weighted by atomic mass is 9.77. The van der Waals surface area contributed by atoms with Crippen LogP contribution in [0.5, 0.6) is 0 Å². The molecular weight excluding hydrogens is 312 g/mol. The summed E-state index contributed by atoms with van der Waals surface area (Å²) < 4.78 is 0. The topological polar surface area (TPSA) is 52.6 Å². The van der Waals surface area contributed by atoms with Crippen LogP contribution in [0.3, 0.4) is 0 Å². The molecule has 1 fully saturated rings. The van der Waals surface area contributed by atoms with Crippen LogP contribution in [-0.4, -0.2) is 35.7 Å². The number of urea groups is 1. The summed E-state index contributed by atoms with van der Waals surface area (Å²) in [6, 6.07) is 17.9. The molecule has 1 heterocycles. The molecule has 0 atom stereocenters. The van der Waals surface area contributed by atoms with E-state index in [2.05, 4.69) is 12.2 Å². The van der Waals surface area contributed by atoms with Gasteiger partial charge in [0, 0.05) is 25.3 Å². The van der Waals surface area contributed by atoms with Gasteiger partial charge in [-0.15, -0.1) is 0 Å². The minimum absolute atomic E-state index is 0.0152. The van der Waals surface area contributed by atoms with Gasteiger partial charge in [-0.3, -0.25) is 0 Å². The molecule has 1 saturated heterocycles. The zero-order valence-electron chi connectivity index (χ0n) is 14.7. The first kappa shape index (κ1) is 17.5. The second-order valence-electron chi connectivity index (χ2n) is 6.84. The standard InChI is InChI=1S/C21H26N2O2/c1-2-21(16-24)12-14-23(15-13-21)20(25)22-19-11-7-6-10-18(19)17-8-4-3-5-9-17/h3-11,24H,2,12-16H2,1H3,(H,22,25). The Kier molecular flexibility index (Phi) is 5.39. The number of hydrogen-bond acceptors (Lipinski definition) is 2. The van der Waals surface area contributed by atoms with E-state index < -0.39 is 0 Å². The molecule has 3 rings (SSSR count). The van der Waals surface area contributed by atoms with Crippen molar-refractivity contribution in [2.24, 2.45) is 5.41 Å². The molecule has 0 saturated carbocycles. The Balaban J connectivity index is 1.71. The highest BCUT2D eigenvalue weighted by Crippen LogP contribution is 2.34. The van der Waals surface area contributed by atoms with E-state index in [9.17, 15) is 9.90 Å². The van der Waals surface area contributed by atoms with Crippen LogP contribution in [0.25, 0.3) is 11.1 Å². The molecule has 0 bridgehead atoms. The lowest BCUT2D eigenvalue weighted by molar-refractivity contribution is 0.0542. The van der Waals surface area contributed by atoms with E-state index in [1.807, 2.05) is 59.5 Å². The van der Waals surface area contributed by atoms with Gasteiger partial charge in [0.05, 0.1) is 5.69 Å². The number of aliphatic hydroxyl groups excluding tert-OH is 1. The van der Waals surface area contributed by atoms with Crippen LogP contribution >= 0.6 is 0 Å². The summed E-state index contributed by atoms with van der Waals surface area (Å²) in [6.07, 6.45) is 2.66. The van der Waals surface area contributed by atoms with Crippen molar-refractivity contribution in [3.05, 3.63) is 54.6 Å². The number of amides is 2. The molecule has 1 aliphatic rings. The predicted octanol–water partition coefficient (Wildman–Crippen LogP) is 4.37. The van der Waals surface area contributed by atoms with Gasteiger partial charge in [-0.05, 0) is 36.3 Å². The fraction of sp³-hybridized carbons (Fsp3) is 0.381. The number of para-hydroxylation sites is 1. The van der Waals surface area contributed by atoms with Crippen LogP contribution in [0.1, 0.15) is 26.2 Å². The zero-order valence-corrected chi connectivity index (χ0v) is 14.7. The van der Waals surface area contributed by atoms with Gasteiger partial charge in [0.2, 0.25) is 0 Å². The fourth-order valence-electron chi connectivity index (χ4n) is 3.46. The van der Waals surface area contributed by atoms with E-state index in [0.29, 0.717) is 13.1 Å². The zero-order chi connectivity index (χ0) is 17.7. The monoisotopic (exact) mass is 338 g/mol. The summed E-state index contributed by atoms with van der Waals surface area (Å²) in [5.74, 6) is 0. The average Bonchev–Trinajstić information content (AvgIpc) is 2.69. The van der Waals surface area contributed by atoms with Gasteiger partial charge in [0.15, 0.2) is 0 Å². The van der Waals surface area contributed by atoms with Crippen LogP contribution < -0.4 is 5.32 Å². The van der Waals surface area contributed by atoms with E-state index in [0.717, 1.165) is 36.1 Å². The predicted molar refractivity (Wildman–Crippen MR) is 102 cm³/mol. The van der Waals surface area contributed by atoms with Gasteiger partial charge >= 0.3 is 6.03 Å². The van der Waals surface area contributed by atoms with Crippen LogP contribution in [0, 0.1) is 5.41 Å². The van der Waals surface area contributed by atoms with E-state index in [1.165, 1.54) is 0 Å². The molecule has 25 heavy (non-hydrogen) atoms. The first-order valence-corrected chi connectivity index (χ1v) is 8.99. The Labute approximate surface area is 149 Å². The van der Waals surface area contributed by atoms with Crippen molar-refractivity contribution in [3.63, 3.8) is 0 Å². The van der Waals surface area contributed by atoms with Crippen molar-refractivity contribution >= 4 is 11.7 Å². The van der Waals surface area contributed by atoms with Crippen LogP contribution in [0.2, 0.25) is 0 Å². The summed E-state index contributed by atoms with van der Waals surface area (Å²) >= 11 is 0. The maximum Gasteiger partial charge on any atom is 0.321 e. The average molecular weight is 338 g/mol. The first-order chi connectivity index (χ1) is 12.2. The number of benzene rings is 2. The summed E-state index contributed by atoms with van der Waals surface area (Å²) in [7, 11) is 0. The third-order valence-electron chi connectivity index (χ3n) is 5.45. The second-order valence-corrected chi connectivity index (χ2v) is 6.84. The molecule has 0 aromatic heterocycles. The lowest BCUT2D eigenvalue weighted by Crippen LogP contribution is -2.46. The van der Waals surface area contributed by atoms with Crippen LogP contribution in [0.4, 0.5) is 10.5 Å². The Morgan fingerprint density at radius 2 is 1.72 bits per heavy atom. The first-order valence-electron chi connectivity index (χ1n) is 8.99. The fourth-order valence-corrected chi connectivity index (χ4v) is 3.46. The van der Waals surface area contributed by atoms with E-state index in [1.54, 1.807) is 0 Å². The largest absolute Gasteiger partial charge is 0.396 e. The third-order valence-corrected chi connectivity index (χ3v) is 5.45. The molecule has 2 N–H and O–H groups in total. The lowest BCUT2D eigenvalue weighted by Gasteiger charge is -2.40. The molecule has 0 unspecified atom stereocenters. The van der Waals surface area contributed by atoms with Crippen molar-refractivity contribution in [2.75, 3.05) is 25.0 Å². The highest BCUT2D eigenvalue weighted by Gasteiger charge is 2.33. The van der Waals surface area contributed by atoms with E-state index in [4.69, 9.17) is 0 Å². The van der Waals surface area contributed by atoms with Gasteiger partial charge in [0.1, 0.15) is 0 Å². The molecule has 0 spiro atoms. The molecule has 1 aliphatic heterocycles. The highest BCUT2D eigenvalue weighted by molar-refractivity contribution is 5.94.